The summed E-state index contributed by atoms with van der Waals surface area (Å²) < 4.78 is 5.59. The molecule has 4 saturated carbocycles. The summed E-state index contributed by atoms with van der Waals surface area (Å²) in [5.74, 6) is 1.22. The van der Waals surface area contributed by atoms with Crippen LogP contribution >= 0.6 is 27.3 Å². The molecule has 4 aliphatic carbocycles. The van der Waals surface area contributed by atoms with Crippen molar-refractivity contribution in [3.8, 4) is 0 Å². The van der Waals surface area contributed by atoms with E-state index in [4.69, 9.17) is 4.74 Å². The summed E-state index contributed by atoms with van der Waals surface area (Å²) in [5, 5.41) is 0. The Hall–Kier alpha value is -0.680. The van der Waals surface area contributed by atoms with E-state index in [2.05, 4.69) is 15.9 Å². The SMILES string of the molecule is Cc1ccc(C(=O)COC(=O)CC23C[C@H]4C[C@@H](CC(Br)(C4)C2)C3)s1. The molecule has 0 amide bonds. The first-order valence-electron chi connectivity index (χ1n) is 8.79. The lowest BCUT2D eigenvalue weighted by Crippen LogP contribution is -2.53. The maximum Gasteiger partial charge on any atom is 0.306 e. The van der Waals surface area contributed by atoms with Crippen molar-refractivity contribution in [2.75, 3.05) is 6.61 Å². The van der Waals surface area contributed by atoms with Crippen molar-refractivity contribution in [1.82, 2.24) is 0 Å². The van der Waals surface area contributed by atoms with Crippen molar-refractivity contribution in [1.29, 1.82) is 0 Å². The Morgan fingerprint density at radius 3 is 2.54 bits per heavy atom. The number of ketones is 1. The molecule has 0 radical (unpaired) electrons. The van der Waals surface area contributed by atoms with Crippen molar-refractivity contribution < 1.29 is 14.3 Å². The number of hydrogen-bond acceptors (Lipinski definition) is 4. The number of Topliss-reactive ketones (excluding diaryl/α,β-unsaturated/α-hetero) is 1. The van der Waals surface area contributed by atoms with Gasteiger partial charge in [0.2, 0.25) is 5.78 Å². The minimum Gasteiger partial charge on any atom is -0.457 e. The number of thiophene rings is 1. The zero-order valence-corrected chi connectivity index (χ0v) is 16.4. The number of esters is 1. The minimum absolute atomic E-state index is 0.0936. The lowest BCUT2D eigenvalue weighted by atomic mass is 9.49. The molecule has 24 heavy (non-hydrogen) atoms. The van der Waals surface area contributed by atoms with Gasteiger partial charge in [-0.1, -0.05) is 15.9 Å². The Bertz CT molecular complexity index is 666. The molecular formula is C19H23BrO3S. The molecule has 4 aliphatic rings. The number of rotatable bonds is 5. The highest BCUT2D eigenvalue weighted by Crippen LogP contribution is 2.65. The molecule has 0 unspecified atom stereocenters. The summed E-state index contributed by atoms with van der Waals surface area (Å²) in [6.07, 6.45) is 7.73. The van der Waals surface area contributed by atoms with E-state index in [1.807, 2.05) is 19.1 Å². The van der Waals surface area contributed by atoms with E-state index in [1.54, 1.807) is 0 Å². The van der Waals surface area contributed by atoms with Crippen LogP contribution in [0.25, 0.3) is 0 Å². The number of alkyl halides is 1. The summed E-state index contributed by atoms with van der Waals surface area (Å²) in [6.45, 7) is 1.85. The van der Waals surface area contributed by atoms with Gasteiger partial charge in [-0.2, -0.15) is 0 Å². The highest BCUT2D eigenvalue weighted by Gasteiger charge is 2.57. The van der Waals surface area contributed by atoms with Crippen LogP contribution in [0.1, 0.15) is 59.5 Å². The summed E-state index contributed by atoms with van der Waals surface area (Å²) in [7, 11) is 0. The van der Waals surface area contributed by atoms with Crippen LogP contribution in [-0.2, 0) is 9.53 Å². The number of carbonyl (C=O) groups is 2. The van der Waals surface area contributed by atoms with Crippen LogP contribution in [0.5, 0.6) is 0 Å². The quantitative estimate of drug-likeness (QED) is 0.393. The van der Waals surface area contributed by atoms with Gasteiger partial charge in [0.05, 0.1) is 11.3 Å². The average Bonchev–Trinajstić information content (AvgIpc) is 2.88. The Morgan fingerprint density at radius 2 is 1.96 bits per heavy atom. The number of carbonyl (C=O) groups excluding carboxylic acids is 2. The number of ether oxygens (including phenoxy) is 1. The van der Waals surface area contributed by atoms with E-state index in [1.165, 1.54) is 30.6 Å². The van der Waals surface area contributed by atoms with Crippen molar-refractivity contribution in [3.05, 3.63) is 21.9 Å². The second-order valence-corrected chi connectivity index (χ2v) is 11.3. The molecule has 0 N–H and O–H groups in total. The van der Waals surface area contributed by atoms with E-state index >= 15 is 0 Å². The van der Waals surface area contributed by atoms with Gasteiger partial charge < -0.3 is 4.74 Å². The van der Waals surface area contributed by atoms with Crippen molar-refractivity contribution in [3.63, 3.8) is 0 Å². The van der Waals surface area contributed by atoms with Gasteiger partial charge in [0.15, 0.2) is 6.61 Å². The van der Waals surface area contributed by atoms with Gasteiger partial charge in [0, 0.05) is 9.20 Å². The molecule has 4 bridgehead atoms. The smallest absolute Gasteiger partial charge is 0.306 e. The molecule has 1 aromatic heterocycles. The molecule has 0 aliphatic heterocycles. The largest absolute Gasteiger partial charge is 0.457 e. The molecule has 1 heterocycles. The third kappa shape index (κ3) is 3.22. The summed E-state index contributed by atoms with van der Waals surface area (Å²) in [5.41, 5.74) is 0.104. The third-order valence-corrected chi connectivity index (χ3v) is 7.98. The van der Waals surface area contributed by atoms with E-state index in [0.29, 0.717) is 11.3 Å². The summed E-state index contributed by atoms with van der Waals surface area (Å²) in [4.78, 5) is 26.3. The molecule has 130 valence electrons. The summed E-state index contributed by atoms with van der Waals surface area (Å²) in [6, 6.07) is 3.73. The molecule has 2 atom stereocenters. The number of hydrogen-bond donors (Lipinski definition) is 0. The Balaban J connectivity index is 1.35. The molecule has 0 saturated heterocycles. The third-order valence-electron chi connectivity index (χ3n) is 6.01. The van der Waals surface area contributed by atoms with Gasteiger partial charge in [-0.05, 0) is 74.8 Å². The molecule has 5 rings (SSSR count). The maximum atomic E-state index is 12.4. The first-order chi connectivity index (χ1) is 11.3. The van der Waals surface area contributed by atoms with E-state index in [-0.39, 0.29) is 28.1 Å². The fourth-order valence-electron chi connectivity index (χ4n) is 5.70. The summed E-state index contributed by atoms with van der Waals surface area (Å²) >= 11 is 5.43. The van der Waals surface area contributed by atoms with Crippen molar-refractivity contribution >= 4 is 39.0 Å². The predicted octanol–water partition coefficient (Wildman–Crippen LogP) is 4.91. The van der Waals surface area contributed by atoms with Crippen molar-refractivity contribution in [2.24, 2.45) is 17.3 Å². The molecular weight excluding hydrogens is 388 g/mol. The molecule has 0 spiro atoms. The van der Waals surface area contributed by atoms with Crippen LogP contribution in [0.4, 0.5) is 0 Å². The topological polar surface area (TPSA) is 43.4 Å². The Labute approximate surface area is 155 Å². The molecule has 0 aromatic carbocycles. The maximum absolute atomic E-state index is 12.4. The average molecular weight is 411 g/mol. The van der Waals surface area contributed by atoms with Crippen LogP contribution in [0, 0.1) is 24.2 Å². The second-order valence-electron chi connectivity index (χ2n) is 8.28. The van der Waals surface area contributed by atoms with Crippen LogP contribution < -0.4 is 0 Å². The second kappa shape index (κ2) is 5.94. The van der Waals surface area contributed by atoms with Gasteiger partial charge in [-0.3, -0.25) is 9.59 Å². The highest BCUT2D eigenvalue weighted by molar-refractivity contribution is 9.10. The van der Waals surface area contributed by atoms with Gasteiger partial charge in [0.1, 0.15) is 0 Å². The number of aryl methyl sites for hydroxylation is 1. The zero-order chi connectivity index (χ0) is 16.9. The van der Waals surface area contributed by atoms with Crippen molar-refractivity contribution in [2.45, 2.75) is 56.2 Å². The van der Waals surface area contributed by atoms with Crippen LogP contribution in [0.15, 0.2) is 12.1 Å². The lowest BCUT2D eigenvalue weighted by Gasteiger charge is -2.60. The minimum atomic E-state index is -0.199. The highest BCUT2D eigenvalue weighted by atomic mass is 79.9. The zero-order valence-electron chi connectivity index (χ0n) is 14.0. The standard InChI is InChI=1S/C19H23BrO3S/c1-12-2-3-16(24-12)15(21)10-23-17(22)9-18-5-13-4-14(6-18)8-19(20,7-13)11-18/h2-3,13-14H,4-11H2,1H3/t13-,14-,18?,19?/m1/s1. The lowest BCUT2D eigenvalue weighted by molar-refractivity contribution is -0.149. The van der Waals surface area contributed by atoms with Crippen LogP contribution in [-0.4, -0.2) is 22.7 Å². The fourth-order valence-corrected chi connectivity index (χ4v) is 8.00. The van der Waals surface area contributed by atoms with Gasteiger partial charge >= 0.3 is 5.97 Å². The molecule has 5 heteroatoms. The monoisotopic (exact) mass is 410 g/mol. The fraction of sp³-hybridized carbons (Fsp3) is 0.684. The van der Waals surface area contributed by atoms with Crippen LogP contribution in [0.2, 0.25) is 0 Å². The molecule has 1 aromatic rings. The normalized spacial score (nSPS) is 36.8. The van der Waals surface area contributed by atoms with Gasteiger partial charge in [-0.15, -0.1) is 11.3 Å². The first kappa shape index (κ1) is 16.8. The molecule has 3 nitrogen and oxygen atoms in total. The first-order valence-corrected chi connectivity index (χ1v) is 10.4. The van der Waals surface area contributed by atoms with E-state index in [0.717, 1.165) is 36.0 Å². The Kier molecular flexibility index (Phi) is 4.15. The van der Waals surface area contributed by atoms with Crippen LogP contribution in [0.3, 0.4) is 0 Å². The number of halogens is 1. The van der Waals surface area contributed by atoms with E-state index < -0.39 is 0 Å². The predicted molar refractivity (Wildman–Crippen MR) is 97.7 cm³/mol. The van der Waals surface area contributed by atoms with E-state index in [9.17, 15) is 9.59 Å². The van der Waals surface area contributed by atoms with Gasteiger partial charge in [0.25, 0.3) is 0 Å². The van der Waals surface area contributed by atoms with Gasteiger partial charge in [-0.25, -0.2) is 0 Å². The Morgan fingerprint density at radius 1 is 1.25 bits per heavy atom. The molecule has 4 fully saturated rings.